The van der Waals surface area contributed by atoms with Gasteiger partial charge in [0.05, 0.1) is 5.69 Å². The van der Waals surface area contributed by atoms with Crippen molar-refractivity contribution >= 4 is 27.9 Å². The molecule has 2 heterocycles. The van der Waals surface area contributed by atoms with Crippen molar-refractivity contribution in [2.75, 3.05) is 5.32 Å². The second kappa shape index (κ2) is 9.65. The van der Waals surface area contributed by atoms with Crippen LogP contribution in [-0.4, -0.2) is 21.4 Å². The molecule has 0 bridgehead atoms. The second-order valence-electron chi connectivity index (χ2n) is 7.21. The number of aromatic nitrogens is 2. The minimum Gasteiger partial charge on any atom is -0.487 e. The smallest absolute Gasteiger partial charge is 0.265 e. The number of hydrogen-bond donors (Lipinski definition) is 1. The number of fused-ring (bicyclic) bond motifs is 1. The molecule has 0 aliphatic rings. The fourth-order valence-corrected chi connectivity index (χ4v) is 4.01. The van der Waals surface area contributed by atoms with Crippen molar-refractivity contribution in [3.63, 3.8) is 0 Å². The molecular formula is C24H23N3O4S. The zero-order valence-electron chi connectivity index (χ0n) is 17.8. The molecule has 1 N–H and O–H groups in total. The Hall–Kier alpha value is -3.65. The largest absolute Gasteiger partial charge is 0.487 e. The zero-order chi connectivity index (χ0) is 22.5. The quantitative estimate of drug-likeness (QED) is 0.430. The molecule has 0 aliphatic carbocycles. The molecule has 2 aromatic heterocycles. The highest BCUT2D eigenvalue weighted by molar-refractivity contribution is 7.16. The summed E-state index contributed by atoms with van der Waals surface area (Å²) in [5.74, 6) is 0.971. The average Bonchev–Trinajstić information content (AvgIpc) is 3.18. The molecule has 0 saturated heterocycles. The lowest BCUT2D eigenvalue weighted by molar-refractivity contribution is -0.122. The number of benzene rings is 2. The van der Waals surface area contributed by atoms with E-state index < -0.39 is 6.10 Å². The third kappa shape index (κ3) is 5.15. The topological polar surface area (TPSA) is 81.9 Å². The van der Waals surface area contributed by atoms with E-state index in [1.165, 1.54) is 21.8 Å². The van der Waals surface area contributed by atoms with Gasteiger partial charge in [-0.3, -0.25) is 14.0 Å². The van der Waals surface area contributed by atoms with Crippen LogP contribution in [0.4, 0.5) is 5.69 Å². The van der Waals surface area contributed by atoms with Crippen LogP contribution in [0.5, 0.6) is 11.5 Å². The van der Waals surface area contributed by atoms with E-state index in [4.69, 9.17) is 9.47 Å². The Bertz CT molecular complexity index is 1280. The number of carbonyl (C=O) groups is 1. The number of amides is 1. The molecule has 1 atom stereocenters. The summed E-state index contributed by atoms with van der Waals surface area (Å²) in [5.41, 5.74) is 1.01. The van der Waals surface area contributed by atoms with E-state index in [2.05, 4.69) is 10.3 Å². The first kappa shape index (κ1) is 21.6. The Morgan fingerprint density at radius 3 is 2.69 bits per heavy atom. The molecule has 0 aliphatic heterocycles. The molecular weight excluding hydrogens is 426 g/mol. The highest BCUT2D eigenvalue weighted by Crippen LogP contribution is 2.20. The van der Waals surface area contributed by atoms with Crippen molar-refractivity contribution in [3.05, 3.63) is 87.8 Å². The van der Waals surface area contributed by atoms with Crippen molar-refractivity contribution in [3.8, 4) is 11.5 Å². The number of thiazole rings is 1. The van der Waals surface area contributed by atoms with Crippen molar-refractivity contribution in [1.82, 2.24) is 9.38 Å². The van der Waals surface area contributed by atoms with Gasteiger partial charge < -0.3 is 14.8 Å². The maximum atomic E-state index is 12.7. The number of nitrogens with zero attached hydrogens (tertiary/aromatic N) is 2. The van der Waals surface area contributed by atoms with E-state index in [-0.39, 0.29) is 18.1 Å². The van der Waals surface area contributed by atoms with Crippen LogP contribution in [0.2, 0.25) is 0 Å². The summed E-state index contributed by atoms with van der Waals surface area (Å²) in [6.07, 6.45) is 1.69. The van der Waals surface area contributed by atoms with Crippen molar-refractivity contribution in [2.24, 2.45) is 0 Å². The van der Waals surface area contributed by atoms with Gasteiger partial charge in [-0.1, -0.05) is 31.2 Å². The molecule has 8 heteroatoms. The molecule has 0 saturated carbocycles. The van der Waals surface area contributed by atoms with Gasteiger partial charge in [0.2, 0.25) is 0 Å². The van der Waals surface area contributed by atoms with Gasteiger partial charge in [0.1, 0.15) is 18.1 Å². The number of hydrogen-bond acceptors (Lipinski definition) is 6. The molecule has 164 valence electrons. The van der Waals surface area contributed by atoms with Crippen LogP contribution in [0, 0.1) is 6.92 Å². The summed E-state index contributed by atoms with van der Waals surface area (Å²) in [6, 6.07) is 17.8. The lowest BCUT2D eigenvalue weighted by Gasteiger charge is -2.17. The van der Waals surface area contributed by atoms with Crippen molar-refractivity contribution < 1.29 is 14.3 Å². The van der Waals surface area contributed by atoms with Crippen LogP contribution in [0.3, 0.4) is 0 Å². The average molecular weight is 450 g/mol. The minimum atomic E-state index is -0.611. The van der Waals surface area contributed by atoms with Gasteiger partial charge in [-0.2, -0.15) is 0 Å². The van der Waals surface area contributed by atoms with Gasteiger partial charge in [0.25, 0.3) is 11.5 Å². The molecule has 0 spiro atoms. The number of aryl methyl sites for hydroxylation is 1. The Morgan fingerprint density at radius 2 is 1.91 bits per heavy atom. The van der Waals surface area contributed by atoms with Gasteiger partial charge in [0.15, 0.2) is 11.1 Å². The van der Waals surface area contributed by atoms with Crippen molar-refractivity contribution in [2.45, 2.75) is 33.0 Å². The van der Waals surface area contributed by atoms with E-state index in [9.17, 15) is 9.59 Å². The lowest BCUT2D eigenvalue weighted by atomic mass is 10.2. The highest BCUT2D eigenvalue weighted by Gasteiger charge is 2.18. The number of anilines is 1. The fourth-order valence-electron chi connectivity index (χ4n) is 3.16. The van der Waals surface area contributed by atoms with E-state index in [1.54, 1.807) is 30.5 Å². The summed E-state index contributed by atoms with van der Waals surface area (Å²) in [7, 11) is 0. The maximum Gasteiger partial charge on any atom is 0.265 e. The molecule has 7 nitrogen and oxygen atoms in total. The first-order valence-electron chi connectivity index (χ1n) is 10.3. The van der Waals surface area contributed by atoms with Crippen LogP contribution in [0.15, 0.2) is 71.7 Å². The monoisotopic (exact) mass is 449 g/mol. The number of carbonyl (C=O) groups excluding carboxylic acids is 1. The molecule has 32 heavy (non-hydrogen) atoms. The third-order valence-corrected chi connectivity index (χ3v) is 5.61. The Kier molecular flexibility index (Phi) is 6.51. The summed E-state index contributed by atoms with van der Waals surface area (Å²) >= 11 is 1.45. The fraction of sp³-hybridized carbons (Fsp3) is 0.208. The molecule has 4 rings (SSSR count). The first-order valence-corrected chi connectivity index (χ1v) is 11.1. The molecule has 0 unspecified atom stereocenters. The summed E-state index contributed by atoms with van der Waals surface area (Å²) in [5, 5.41) is 2.88. The molecule has 0 fully saturated rings. The summed E-state index contributed by atoms with van der Waals surface area (Å²) < 4.78 is 13.1. The summed E-state index contributed by atoms with van der Waals surface area (Å²) in [6.45, 7) is 3.98. The lowest BCUT2D eigenvalue weighted by Crippen LogP contribution is -2.32. The van der Waals surface area contributed by atoms with Crippen LogP contribution in [-0.2, 0) is 11.4 Å². The number of rotatable bonds is 8. The van der Waals surface area contributed by atoms with E-state index in [0.717, 1.165) is 4.88 Å². The molecule has 4 aromatic rings. The standard InChI is InChI=1S/C24H23N3O4S/c1-3-21(31-19-9-5-4-6-10-19)23(29)25-17-8-7-11-20(12-17)30-15-18-13-22(28)27-14-16(2)32-24(27)26-18/h4-14,21H,3,15H2,1-2H3,(H,25,29)/t21-/m1/s1. The third-order valence-electron chi connectivity index (χ3n) is 4.71. The Labute approximate surface area is 189 Å². The molecule has 0 radical (unpaired) electrons. The van der Waals surface area contributed by atoms with Gasteiger partial charge in [-0.15, -0.1) is 11.3 Å². The SMILES string of the molecule is CC[C@@H](Oc1ccccc1)C(=O)Nc1cccc(OCc2cc(=O)n3cc(C)sc3n2)c1. The molecule has 1 amide bonds. The predicted molar refractivity (Wildman–Crippen MR) is 125 cm³/mol. The van der Waals surface area contributed by atoms with E-state index in [1.807, 2.05) is 44.2 Å². The first-order chi connectivity index (χ1) is 15.5. The number of nitrogens with one attached hydrogen (secondary N) is 1. The van der Waals surface area contributed by atoms with E-state index in [0.29, 0.717) is 34.3 Å². The van der Waals surface area contributed by atoms with Crippen LogP contribution in [0.25, 0.3) is 4.96 Å². The maximum absolute atomic E-state index is 12.7. The number of ether oxygens (including phenoxy) is 2. The Morgan fingerprint density at radius 1 is 1.12 bits per heavy atom. The van der Waals surface area contributed by atoms with Gasteiger partial charge in [0, 0.05) is 28.9 Å². The second-order valence-corrected chi connectivity index (χ2v) is 8.43. The zero-order valence-corrected chi connectivity index (χ0v) is 18.6. The van der Waals surface area contributed by atoms with Gasteiger partial charge in [-0.05, 0) is 37.6 Å². The van der Waals surface area contributed by atoms with Crippen LogP contribution < -0.4 is 20.3 Å². The predicted octanol–water partition coefficient (Wildman–Crippen LogP) is 4.44. The van der Waals surface area contributed by atoms with Gasteiger partial charge >= 0.3 is 0 Å². The molecule has 2 aromatic carbocycles. The minimum absolute atomic E-state index is 0.136. The normalized spacial score (nSPS) is 11.8. The van der Waals surface area contributed by atoms with Crippen molar-refractivity contribution in [1.29, 1.82) is 0 Å². The van der Waals surface area contributed by atoms with E-state index >= 15 is 0 Å². The highest BCUT2D eigenvalue weighted by atomic mass is 32.1. The van der Waals surface area contributed by atoms with Crippen LogP contribution in [0.1, 0.15) is 23.9 Å². The summed E-state index contributed by atoms with van der Waals surface area (Å²) in [4.78, 5) is 31.1. The number of para-hydroxylation sites is 1. The van der Waals surface area contributed by atoms with Gasteiger partial charge in [-0.25, -0.2) is 4.98 Å². The Balaban J connectivity index is 1.41. The van der Waals surface area contributed by atoms with Crippen LogP contribution >= 0.6 is 11.3 Å².